The molecule has 0 bridgehead atoms. The first-order valence-corrected chi connectivity index (χ1v) is 16.5. The first kappa shape index (κ1) is 33.5. The van der Waals surface area contributed by atoms with Crippen LogP contribution in [0.2, 0.25) is 0 Å². The molecule has 1 aliphatic rings. The maximum atomic E-state index is 13.1. The topological polar surface area (TPSA) is 95.9 Å². The normalized spacial score (nSPS) is 17.9. The van der Waals surface area contributed by atoms with Gasteiger partial charge >= 0.3 is 6.18 Å². The van der Waals surface area contributed by atoms with Crippen molar-refractivity contribution in [3.63, 3.8) is 0 Å². The summed E-state index contributed by atoms with van der Waals surface area (Å²) in [5, 5.41) is 12.7. The van der Waals surface area contributed by atoms with Crippen LogP contribution in [0.4, 0.5) is 18.9 Å². The van der Waals surface area contributed by atoms with Crippen LogP contribution < -0.4 is 10.2 Å². The molecule has 1 fully saturated rings. The molecule has 0 aromatic heterocycles. The highest BCUT2D eigenvalue weighted by Gasteiger charge is 2.35. The molecule has 0 spiro atoms. The standard InChI is InChI=1S/C33H39F3N2O5S/c1-3-5-18-43-22-29-19-26(23-6-12-27(13-7-23)33(34,35)36)20-38(29)28-14-8-25(9-15-28)32(40)37-31(21-39)24-10-16-30(17-11-24)44(41,42)4-2/h6-17,26,29,31,39H,3-5,18-22H2,1-2H3,(H,37,40)/t26?,29-,31-/m0/s1. The van der Waals surface area contributed by atoms with Crippen LogP contribution >= 0.6 is 0 Å². The van der Waals surface area contributed by atoms with Gasteiger partial charge in [-0.05, 0) is 72.5 Å². The molecule has 7 nitrogen and oxygen atoms in total. The Morgan fingerprint density at radius 3 is 2.25 bits per heavy atom. The number of nitrogens with one attached hydrogen (secondary N) is 1. The number of hydrogen-bond donors (Lipinski definition) is 2. The molecule has 1 aliphatic heterocycles. The minimum atomic E-state index is -4.39. The Hall–Kier alpha value is -3.41. The van der Waals surface area contributed by atoms with E-state index >= 15 is 0 Å². The van der Waals surface area contributed by atoms with Crippen molar-refractivity contribution in [3.8, 4) is 0 Å². The molecule has 0 saturated carbocycles. The van der Waals surface area contributed by atoms with Crippen molar-refractivity contribution in [2.24, 2.45) is 0 Å². The molecule has 4 rings (SSSR count). The molecule has 0 radical (unpaired) electrons. The minimum absolute atomic E-state index is 0.0112. The number of carbonyl (C=O) groups excluding carboxylic acids is 1. The predicted octanol–water partition coefficient (Wildman–Crippen LogP) is 6.14. The first-order chi connectivity index (χ1) is 21.0. The summed E-state index contributed by atoms with van der Waals surface area (Å²) in [6.07, 6.45) is -1.72. The maximum Gasteiger partial charge on any atom is 0.416 e. The van der Waals surface area contributed by atoms with E-state index in [4.69, 9.17) is 4.74 Å². The number of alkyl halides is 3. The summed E-state index contributed by atoms with van der Waals surface area (Å²) in [6.45, 7) is 4.98. The number of amides is 1. The van der Waals surface area contributed by atoms with Crippen molar-refractivity contribution in [1.82, 2.24) is 5.32 Å². The second-order valence-corrected chi connectivity index (χ2v) is 13.3. The number of nitrogens with zero attached hydrogens (tertiary/aromatic N) is 1. The lowest BCUT2D eigenvalue weighted by Crippen LogP contribution is -2.33. The lowest BCUT2D eigenvalue weighted by molar-refractivity contribution is -0.137. The van der Waals surface area contributed by atoms with Crippen molar-refractivity contribution in [2.75, 3.05) is 37.0 Å². The quantitative estimate of drug-likeness (QED) is 0.220. The van der Waals surface area contributed by atoms with Crippen molar-refractivity contribution in [3.05, 3.63) is 95.1 Å². The molecule has 1 unspecified atom stereocenters. The lowest BCUT2D eigenvalue weighted by Gasteiger charge is -2.27. The molecule has 1 saturated heterocycles. The number of aliphatic hydroxyl groups excluding tert-OH is 1. The third-order valence-corrected chi connectivity index (χ3v) is 9.80. The van der Waals surface area contributed by atoms with Crippen molar-refractivity contribution in [2.45, 2.75) is 62.2 Å². The molecule has 2 N–H and O–H groups in total. The third-order valence-electron chi connectivity index (χ3n) is 8.05. The van der Waals surface area contributed by atoms with Gasteiger partial charge < -0.3 is 20.1 Å². The SMILES string of the molecule is CCCCOC[C@@H]1CC(c2ccc(C(F)(F)F)cc2)CN1c1ccc(C(=O)N[C@@H](CO)c2ccc(S(=O)(=O)CC)cc2)cc1. The molecule has 238 valence electrons. The van der Waals surface area contributed by atoms with E-state index < -0.39 is 33.5 Å². The summed E-state index contributed by atoms with van der Waals surface area (Å²) in [5.74, 6) is -0.407. The molecule has 1 amide bonds. The molecule has 0 aliphatic carbocycles. The van der Waals surface area contributed by atoms with Gasteiger partial charge in [0.05, 0.1) is 41.5 Å². The molecule has 3 aromatic carbocycles. The van der Waals surface area contributed by atoms with E-state index in [0.717, 1.165) is 42.6 Å². The number of ether oxygens (including phenoxy) is 1. The van der Waals surface area contributed by atoms with E-state index in [1.165, 1.54) is 12.1 Å². The Kier molecular flexibility index (Phi) is 11.1. The highest BCUT2D eigenvalue weighted by Crippen LogP contribution is 2.37. The van der Waals surface area contributed by atoms with Gasteiger partial charge in [-0.15, -0.1) is 0 Å². The molecule has 11 heteroatoms. The highest BCUT2D eigenvalue weighted by atomic mass is 32.2. The van der Waals surface area contributed by atoms with Gasteiger partial charge in [0.1, 0.15) is 0 Å². The second kappa shape index (κ2) is 14.6. The van der Waals surface area contributed by atoms with E-state index in [2.05, 4.69) is 17.1 Å². The van der Waals surface area contributed by atoms with Crippen LogP contribution in [0.25, 0.3) is 0 Å². The first-order valence-electron chi connectivity index (χ1n) is 14.8. The van der Waals surface area contributed by atoms with Crippen LogP contribution in [0.1, 0.15) is 72.1 Å². The molecular formula is C33H39F3N2O5S. The number of aliphatic hydroxyl groups is 1. The number of halogens is 3. The van der Waals surface area contributed by atoms with Crippen molar-refractivity contribution in [1.29, 1.82) is 0 Å². The Labute approximate surface area is 257 Å². The fourth-order valence-electron chi connectivity index (χ4n) is 5.40. The summed E-state index contributed by atoms with van der Waals surface area (Å²) in [7, 11) is -3.37. The Bertz CT molecular complexity index is 1480. The average Bonchev–Trinajstić information content (AvgIpc) is 3.46. The fraction of sp³-hybridized carbons (Fsp3) is 0.424. The van der Waals surface area contributed by atoms with Gasteiger partial charge in [0.25, 0.3) is 5.91 Å². The zero-order valence-electron chi connectivity index (χ0n) is 24.9. The number of unbranched alkanes of at least 4 members (excludes halogenated alkanes) is 1. The summed E-state index contributed by atoms with van der Waals surface area (Å²) < 4.78 is 69.4. The highest BCUT2D eigenvalue weighted by molar-refractivity contribution is 7.91. The van der Waals surface area contributed by atoms with Gasteiger partial charge in [-0.3, -0.25) is 4.79 Å². The van der Waals surface area contributed by atoms with Gasteiger partial charge in [-0.2, -0.15) is 13.2 Å². The number of hydrogen-bond acceptors (Lipinski definition) is 6. The van der Waals surface area contributed by atoms with Crippen molar-refractivity contribution < 1.29 is 36.2 Å². The monoisotopic (exact) mass is 632 g/mol. The summed E-state index contributed by atoms with van der Waals surface area (Å²) in [6, 6.07) is 17.8. The number of rotatable bonds is 13. The molecule has 44 heavy (non-hydrogen) atoms. The second-order valence-electron chi connectivity index (χ2n) is 11.0. The molecule has 1 heterocycles. The van der Waals surface area contributed by atoms with Crippen LogP contribution in [0, 0.1) is 0 Å². The summed E-state index contributed by atoms with van der Waals surface area (Å²) in [5.41, 5.74) is 1.99. The Morgan fingerprint density at radius 2 is 1.68 bits per heavy atom. The van der Waals surface area contributed by atoms with Crippen molar-refractivity contribution >= 4 is 21.4 Å². The number of anilines is 1. The molecule has 3 aromatic rings. The Morgan fingerprint density at radius 1 is 1.02 bits per heavy atom. The zero-order chi connectivity index (χ0) is 31.9. The van der Waals surface area contributed by atoms with E-state index in [-0.39, 0.29) is 29.2 Å². The maximum absolute atomic E-state index is 13.1. The van der Waals surface area contributed by atoms with E-state index in [0.29, 0.717) is 30.9 Å². The van der Waals surface area contributed by atoms with Crippen LogP contribution in [0.5, 0.6) is 0 Å². The number of carbonyl (C=O) groups is 1. The van der Waals surface area contributed by atoms with Gasteiger partial charge in [0.2, 0.25) is 0 Å². The van der Waals surface area contributed by atoms with E-state index in [1.807, 2.05) is 12.1 Å². The van der Waals surface area contributed by atoms with Gasteiger partial charge in [0.15, 0.2) is 9.84 Å². The largest absolute Gasteiger partial charge is 0.416 e. The van der Waals surface area contributed by atoms with Crippen LogP contribution in [0.15, 0.2) is 77.7 Å². The van der Waals surface area contributed by atoms with Gasteiger partial charge in [0, 0.05) is 30.3 Å². The van der Waals surface area contributed by atoms with Gasteiger partial charge in [-0.1, -0.05) is 44.5 Å². The fourth-order valence-corrected chi connectivity index (χ4v) is 6.28. The minimum Gasteiger partial charge on any atom is -0.394 e. The van der Waals surface area contributed by atoms with E-state index in [9.17, 15) is 31.5 Å². The number of sulfone groups is 1. The van der Waals surface area contributed by atoms with Crippen LogP contribution in [0.3, 0.4) is 0 Å². The number of benzene rings is 3. The zero-order valence-corrected chi connectivity index (χ0v) is 25.7. The van der Waals surface area contributed by atoms with Crippen LogP contribution in [-0.2, 0) is 20.8 Å². The van der Waals surface area contributed by atoms with E-state index in [1.54, 1.807) is 43.3 Å². The third kappa shape index (κ3) is 8.19. The lowest BCUT2D eigenvalue weighted by atomic mass is 9.95. The molecular weight excluding hydrogens is 593 g/mol. The predicted molar refractivity (Wildman–Crippen MR) is 164 cm³/mol. The smallest absolute Gasteiger partial charge is 0.394 e. The van der Waals surface area contributed by atoms with Crippen LogP contribution in [-0.4, -0.2) is 57.6 Å². The Balaban J connectivity index is 1.46. The summed E-state index contributed by atoms with van der Waals surface area (Å²) >= 11 is 0. The molecule has 3 atom stereocenters. The van der Waals surface area contributed by atoms with Gasteiger partial charge in [-0.25, -0.2) is 8.42 Å². The summed E-state index contributed by atoms with van der Waals surface area (Å²) in [4.78, 5) is 15.4. The average molecular weight is 633 g/mol.